The fourth-order valence-electron chi connectivity index (χ4n) is 2.60. The Morgan fingerprint density at radius 3 is 2.76 bits per heavy atom. The van der Waals surface area contributed by atoms with Gasteiger partial charge in [0.05, 0.1) is 6.07 Å². The molecule has 3 heteroatoms. The Morgan fingerprint density at radius 2 is 2.12 bits per heavy atom. The highest BCUT2D eigenvalue weighted by molar-refractivity contribution is 5.00. The Bertz CT molecular complexity index is 267. The van der Waals surface area contributed by atoms with E-state index in [0.717, 1.165) is 31.7 Å². The summed E-state index contributed by atoms with van der Waals surface area (Å²) in [7, 11) is 0. The van der Waals surface area contributed by atoms with Crippen LogP contribution in [0.4, 0.5) is 0 Å². The predicted molar refractivity (Wildman–Crippen MR) is 71.5 cm³/mol. The smallest absolute Gasteiger partial charge is 0.101 e. The van der Waals surface area contributed by atoms with Gasteiger partial charge in [-0.3, -0.25) is 0 Å². The highest BCUT2D eigenvalue weighted by atomic mass is 15.2. The maximum atomic E-state index is 8.83. The van der Waals surface area contributed by atoms with Crippen LogP contribution in [0, 0.1) is 17.2 Å². The highest BCUT2D eigenvalue weighted by Crippen LogP contribution is 2.23. The number of rotatable bonds is 5. The SMILES string of the molecule is CC1CCCN(CCCCC(C)(N)C#N)C1C. The van der Waals surface area contributed by atoms with Crippen LogP contribution in [0.5, 0.6) is 0 Å². The summed E-state index contributed by atoms with van der Waals surface area (Å²) in [6, 6.07) is 2.87. The van der Waals surface area contributed by atoms with Crippen LogP contribution in [0.2, 0.25) is 0 Å². The topological polar surface area (TPSA) is 53.0 Å². The van der Waals surface area contributed by atoms with Gasteiger partial charge < -0.3 is 10.6 Å². The Labute approximate surface area is 106 Å². The zero-order chi connectivity index (χ0) is 12.9. The number of piperidine rings is 1. The van der Waals surface area contributed by atoms with Crippen molar-refractivity contribution in [1.29, 1.82) is 5.26 Å². The fourth-order valence-corrected chi connectivity index (χ4v) is 2.60. The Hall–Kier alpha value is -0.590. The number of hydrogen-bond donors (Lipinski definition) is 1. The molecule has 0 aliphatic carbocycles. The van der Waals surface area contributed by atoms with Crippen LogP contribution >= 0.6 is 0 Å². The van der Waals surface area contributed by atoms with E-state index in [1.54, 1.807) is 0 Å². The zero-order valence-electron chi connectivity index (χ0n) is 11.6. The lowest BCUT2D eigenvalue weighted by molar-refractivity contribution is 0.111. The van der Waals surface area contributed by atoms with Gasteiger partial charge in [-0.2, -0.15) is 5.26 Å². The first-order chi connectivity index (χ1) is 7.96. The maximum Gasteiger partial charge on any atom is 0.101 e. The third-order valence-electron chi connectivity index (χ3n) is 4.15. The number of nitriles is 1. The second-order valence-electron chi connectivity index (χ2n) is 5.88. The Balaban J connectivity index is 2.21. The molecule has 0 aromatic heterocycles. The molecule has 0 radical (unpaired) electrons. The van der Waals surface area contributed by atoms with Gasteiger partial charge in [-0.25, -0.2) is 0 Å². The van der Waals surface area contributed by atoms with Gasteiger partial charge >= 0.3 is 0 Å². The summed E-state index contributed by atoms with van der Waals surface area (Å²) in [5.74, 6) is 0.822. The quantitative estimate of drug-likeness (QED) is 0.748. The molecule has 1 aliphatic heterocycles. The van der Waals surface area contributed by atoms with Crippen molar-refractivity contribution in [2.45, 2.75) is 64.5 Å². The molecule has 17 heavy (non-hydrogen) atoms. The molecule has 98 valence electrons. The molecule has 1 rings (SSSR count). The molecular formula is C14H27N3. The largest absolute Gasteiger partial charge is 0.314 e. The lowest BCUT2D eigenvalue weighted by Gasteiger charge is -2.38. The van der Waals surface area contributed by atoms with Gasteiger partial charge in [0.1, 0.15) is 5.54 Å². The molecule has 3 nitrogen and oxygen atoms in total. The minimum Gasteiger partial charge on any atom is -0.314 e. The molecule has 0 aromatic rings. The van der Waals surface area contributed by atoms with E-state index in [2.05, 4.69) is 24.8 Å². The number of hydrogen-bond acceptors (Lipinski definition) is 3. The molecule has 1 heterocycles. The normalized spacial score (nSPS) is 29.6. The minimum absolute atomic E-state index is 0.638. The van der Waals surface area contributed by atoms with E-state index in [0.29, 0.717) is 6.04 Å². The molecular weight excluding hydrogens is 210 g/mol. The number of nitrogens with zero attached hydrogens (tertiary/aromatic N) is 2. The van der Waals surface area contributed by atoms with Crippen molar-refractivity contribution >= 4 is 0 Å². The van der Waals surface area contributed by atoms with Gasteiger partial charge in [-0.1, -0.05) is 6.92 Å². The van der Waals surface area contributed by atoms with Gasteiger partial charge in [-0.15, -0.1) is 0 Å². The van der Waals surface area contributed by atoms with Crippen molar-refractivity contribution in [3.63, 3.8) is 0 Å². The number of likely N-dealkylation sites (tertiary alicyclic amines) is 1. The third kappa shape index (κ3) is 4.65. The van der Waals surface area contributed by atoms with Crippen LogP contribution in [0.15, 0.2) is 0 Å². The van der Waals surface area contributed by atoms with Crippen molar-refractivity contribution < 1.29 is 0 Å². The summed E-state index contributed by atoms with van der Waals surface area (Å²) >= 11 is 0. The van der Waals surface area contributed by atoms with Crippen LogP contribution in [-0.4, -0.2) is 29.6 Å². The molecule has 3 atom stereocenters. The first-order valence-electron chi connectivity index (χ1n) is 6.90. The second kappa shape index (κ2) is 6.37. The van der Waals surface area contributed by atoms with Crippen molar-refractivity contribution in [2.75, 3.05) is 13.1 Å². The van der Waals surface area contributed by atoms with E-state index in [1.165, 1.54) is 19.4 Å². The number of unbranched alkanes of at least 4 members (excludes halogenated alkanes) is 1. The summed E-state index contributed by atoms with van der Waals surface area (Å²) in [4.78, 5) is 2.59. The lowest BCUT2D eigenvalue weighted by atomic mass is 9.91. The van der Waals surface area contributed by atoms with E-state index in [4.69, 9.17) is 11.0 Å². The van der Waals surface area contributed by atoms with E-state index < -0.39 is 5.54 Å². The summed E-state index contributed by atoms with van der Waals surface area (Å²) in [6.45, 7) is 8.91. The van der Waals surface area contributed by atoms with Crippen LogP contribution in [0.3, 0.4) is 0 Å². The van der Waals surface area contributed by atoms with Gasteiger partial charge in [0, 0.05) is 6.04 Å². The molecule has 0 saturated carbocycles. The molecule has 1 fully saturated rings. The van der Waals surface area contributed by atoms with Crippen molar-refractivity contribution in [3.05, 3.63) is 0 Å². The monoisotopic (exact) mass is 237 g/mol. The summed E-state index contributed by atoms with van der Waals surface area (Å²) in [5, 5.41) is 8.83. The molecule has 0 bridgehead atoms. The van der Waals surface area contributed by atoms with Crippen molar-refractivity contribution in [2.24, 2.45) is 11.7 Å². The predicted octanol–water partition coefficient (Wildman–Crippen LogP) is 2.52. The first kappa shape index (κ1) is 14.5. The van der Waals surface area contributed by atoms with Crippen molar-refractivity contribution in [3.8, 4) is 6.07 Å². The van der Waals surface area contributed by atoms with E-state index in [-0.39, 0.29) is 0 Å². The van der Waals surface area contributed by atoms with Crippen molar-refractivity contribution in [1.82, 2.24) is 4.90 Å². The zero-order valence-corrected chi connectivity index (χ0v) is 11.6. The first-order valence-corrected chi connectivity index (χ1v) is 6.90. The molecule has 2 N–H and O–H groups in total. The Kier molecular flexibility index (Phi) is 5.42. The maximum absolute atomic E-state index is 8.83. The molecule has 1 aliphatic rings. The van der Waals surface area contributed by atoms with Gasteiger partial charge in [0.2, 0.25) is 0 Å². The van der Waals surface area contributed by atoms with Crippen LogP contribution in [0.25, 0.3) is 0 Å². The Morgan fingerprint density at radius 1 is 1.41 bits per heavy atom. The van der Waals surface area contributed by atoms with Crippen LogP contribution in [-0.2, 0) is 0 Å². The van der Waals surface area contributed by atoms with Gasteiger partial charge in [0.15, 0.2) is 0 Å². The average Bonchev–Trinajstić information content (AvgIpc) is 2.30. The molecule has 0 aromatic carbocycles. The lowest BCUT2D eigenvalue weighted by Crippen LogP contribution is -2.43. The second-order valence-corrected chi connectivity index (χ2v) is 5.88. The molecule has 3 unspecified atom stereocenters. The molecule has 0 amide bonds. The number of nitrogens with two attached hydrogens (primary N) is 1. The van der Waals surface area contributed by atoms with Crippen LogP contribution in [0.1, 0.15) is 52.9 Å². The minimum atomic E-state index is -0.638. The highest BCUT2D eigenvalue weighted by Gasteiger charge is 2.24. The summed E-state index contributed by atoms with van der Waals surface area (Å²) < 4.78 is 0. The fraction of sp³-hybridized carbons (Fsp3) is 0.929. The standard InChI is InChI=1S/C14H27N3/c1-12-7-6-10-17(13(12)2)9-5-4-8-14(3,16)11-15/h12-13H,4-10,16H2,1-3H3. The van der Waals surface area contributed by atoms with Gasteiger partial charge in [0.25, 0.3) is 0 Å². The van der Waals surface area contributed by atoms with Gasteiger partial charge in [-0.05, 0) is 65.0 Å². The summed E-state index contributed by atoms with van der Waals surface area (Å²) in [5.41, 5.74) is 5.17. The summed E-state index contributed by atoms with van der Waals surface area (Å²) in [6.07, 6.45) is 5.72. The van der Waals surface area contributed by atoms with E-state index in [1.807, 2.05) is 6.92 Å². The third-order valence-corrected chi connectivity index (χ3v) is 4.15. The molecule has 1 saturated heterocycles. The van der Waals surface area contributed by atoms with E-state index >= 15 is 0 Å². The molecule has 0 spiro atoms. The van der Waals surface area contributed by atoms with Crippen LogP contribution < -0.4 is 5.73 Å². The average molecular weight is 237 g/mol. The van der Waals surface area contributed by atoms with E-state index in [9.17, 15) is 0 Å².